The van der Waals surface area contributed by atoms with Gasteiger partial charge in [-0.15, -0.1) is 9.24 Å². The molecule has 0 saturated carbocycles. The van der Waals surface area contributed by atoms with Crippen LogP contribution in [0.2, 0.25) is 0 Å². The van der Waals surface area contributed by atoms with Crippen molar-refractivity contribution in [2.45, 2.75) is 0 Å². The Balaban J connectivity index is 0.000000218. The first kappa shape index (κ1) is 9.92. The first-order valence-electron chi connectivity index (χ1n) is 3.03. The molecule has 0 bridgehead atoms. The number of nitrogens with one attached hydrogen (secondary N) is 1. The zero-order valence-electron chi connectivity index (χ0n) is 6.12. The topological polar surface area (TPSA) is 75.9 Å². The smallest absolute Gasteiger partial charge is 0.183 e. The van der Waals surface area contributed by atoms with Crippen molar-refractivity contribution in [3.05, 3.63) is 30.3 Å². The number of hydrogen-bond donors (Lipinski definition) is 3. The van der Waals surface area contributed by atoms with Gasteiger partial charge in [0.05, 0.1) is 0 Å². The second-order valence-corrected chi connectivity index (χ2v) is 2.53. The van der Waals surface area contributed by atoms with Crippen molar-refractivity contribution in [3.63, 3.8) is 0 Å². The van der Waals surface area contributed by atoms with Gasteiger partial charge in [-0.2, -0.15) is 0 Å². The lowest BCUT2D eigenvalue weighted by atomic mass is 10.4. The molecule has 1 aromatic carbocycles. The molecule has 0 saturated heterocycles. The van der Waals surface area contributed by atoms with Gasteiger partial charge in [0.1, 0.15) is 0 Å². The minimum atomic E-state index is -0.333. The van der Waals surface area contributed by atoms with Crippen LogP contribution in [0.3, 0.4) is 0 Å². The van der Waals surface area contributed by atoms with Crippen LogP contribution in [0.25, 0.3) is 0 Å². The van der Waals surface area contributed by atoms with Crippen LogP contribution in [0, 0.1) is 5.41 Å². The third-order valence-corrected chi connectivity index (χ3v) is 1.18. The fraction of sp³-hybridized carbons (Fsp3) is 0. The van der Waals surface area contributed by atoms with Crippen molar-refractivity contribution in [1.29, 1.82) is 5.41 Å². The van der Waals surface area contributed by atoms with E-state index in [1.807, 2.05) is 30.3 Å². The summed E-state index contributed by atoms with van der Waals surface area (Å²) in [7, 11) is 2.63. The van der Waals surface area contributed by atoms with E-state index in [2.05, 4.69) is 20.7 Å². The van der Waals surface area contributed by atoms with Crippen molar-refractivity contribution < 1.29 is 0 Å². The van der Waals surface area contributed by atoms with E-state index in [1.54, 1.807) is 0 Å². The molecule has 5 N–H and O–H groups in total. The minimum Gasteiger partial charge on any atom is -0.370 e. The normalized spacial score (nSPS) is 7.73. The van der Waals surface area contributed by atoms with Gasteiger partial charge >= 0.3 is 0 Å². The van der Waals surface area contributed by atoms with Gasteiger partial charge in [-0.3, -0.25) is 5.41 Å². The van der Waals surface area contributed by atoms with Gasteiger partial charge in [-0.1, -0.05) is 30.3 Å². The van der Waals surface area contributed by atoms with Gasteiger partial charge < -0.3 is 11.5 Å². The SMILES string of the molecule is N=C(N)N.Pc1ccccc1. The molecule has 0 spiro atoms. The Bertz CT molecular complexity index is 206. The Hall–Kier alpha value is -1.08. The molecule has 0 aliphatic rings. The molecule has 0 aliphatic heterocycles. The summed E-state index contributed by atoms with van der Waals surface area (Å²) in [4.78, 5) is 0. The summed E-state index contributed by atoms with van der Waals surface area (Å²) in [5.74, 6) is -0.333. The van der Waals surface area contributed by atoms with Crippen LogP contribution in [0.1, 0.15) is 0 Å². The molecule has 0 aromatic heterocycles. The number of guanidine groups is 1. The second kappa shape index (κ2) is 5.69. The lowest BCUT2D eigenvalue weighted by Gasteiger charge is -1.82. The highest BCUT2D eigenvalue weighted by Gasteiger charge is 1.72. The van der Waals surface area contributed by atoms with E-state index in [1.165, 1.54) is 5.30 Å². The highest BCUT2D eigenvalue weighted by molar-refractivity contribution is 7.27. The first-order chi connectivity index (χ1) is 5.13. The van der Waals surface area contributed by atoms with E-state index in [4.69, 9.17) is 5.41 Å². The first-order valence-corrected chi connectivity index (χ1v) is 3.60. The summed E-state index contributed by atoms with van der Waals surface area (Å²) in [5, 5.41) is 7.29. The van der Waals surface area contributed by atoms with Gasteiger partial charge in [-0.25, -0.2) is 0 Å². The van der Waals surface area contributed by atoms with Crippen LogP contribution in [0.5, 0.6) is 0 Å². The van der Waals surface area contributed by atoms with Crippen LogP contribution in [-0.4, -0.2) is 5.96 Å². The summed E-state index contributed by atoms with van der Waals surface area (Å²) in [6.07, 6.45) is 0. The standard InChI is InChI=1S/C6H7P.CH5N3/c7-6-4-2-1-3-5-6;2-1(3)4/h1-5H,7H2;(H5,2,3,4). The van der Waals surface area contributed by atoms with Crippen molar-refractivity contribution in [2.75, 3.05) is 0 Å². The summed E-state index contributed by atoms with van der Waals surface area (Å²) in [6, 6.07) is 10.1. The molecule has 1 unspecified atom stereocenters. The number of hydrogen-bond acceptors (Lipinski definition) is 1. The maximum Gasteiger partial charge on any atom is 0.183 e. The Morgan fingerprint density at radius 2 is 1.55 bits per heavy atom. The number of rotatable bonds is 0. The lowest BCUT2D eigenvalue weighted by Crippen LogP contribution is -2.20. The van der Waals surface area contributed by atoms with Gasteiger partial charge in [0.2, 0.25) is 0 Å². The van der Waals surface area contributed by atoms with Gasteiger partial charge in [-0.05, 0) is 5.30 Å². The fourth-order valence-corrected chi connectivity index (χ4v) is 0.675. The lowest BCUT2D eigenvalue weighted by molar-refractivity contribution is 1.39. The monoisotopic (exact) mass is 169 g/mol. The van der Waals surface area contributed by atoms with E-state index in [0.29, 0.717) is 0 Å². The Kier molecular flexibility index (Phi) is 5.13. The maximum atomic E-state index is 6.06. The van der Waals surface area contributed by atoms with Crippen molar-refractivity contribution in [2.24, 2.45) is 11.5 Å². The van der Waals surface area contributed by atoms with Crippen molar-refractivity contribution in [1.82, 2.24) is 0 Å². The quantitative estimate of drug-likeness (QED) is 0.291. The van der Waals surface area contributed by atoms with Crippen LogP contribution >= 0.6 is 9.24 Å². The largest absolute Gasteiger partial charge is 0.370 e. The zero-order valence-corrected chi connectivity index (χ0v) is 7.27. The minimum absolute atomic E-state index is 0.333. The van der Waals surface area contributed by atoms with E-state index < -0.39 is 0 Å². The predicted octanol–water partition coefficient (Wildman–Crippen LogP) is 0.0256. The highest BCUT2D eigenvalue weighted by atomic mass is 31.0. The molecule has 11 heavy (non-hydrogen) atoms. The zero-order chi connectivity index (χ0) is 8.69. The Morgan fingerprint density at radius 1 is 1.18 bits per heavy atom. The average Bonchev–Trinajstić information content (AvgIpc) is 1.87. The van der Waals surface area contributed by atoms with Gasteiger partial charge in [0.25, 0.3) is 0 Å². The van der Waals surface area contributed by atoms with Crippen LogP contribution in [-0.2, 0) is 0 Å². The number of benzene rings is 1. The van der Waals surface area contributed by atoms with E-state index in [0.717, 1.165) is 0 Å². The highest BCUT2D eigenvalue weighted by Crippen LogP contribution is 1.86. The molecule has 1 aromatic rings. The van der Waals surface area contributed by atoms with Crippen LogP contribution in [0.4, 0.5) is 0 Å². The van der Waals surface area contributed by atoms with Crippen LogP contribution < -0.4 is 16.8 Å². The molecule has 0 aliphatic carbocycles. The molecular formula is C7H12N3P. The third-order valence-electron chi connectivity index (χ3n) is 0.800. The third kappa shape index (κ3) is 8.92. The van der Waals surface area contributed by atoms with Crippen LogP contribution in [0.15, 0.2) is 30.3 Å². The molecule has 0 radical (unpaired) electrons. The Morgan fingerprint density at radius 3 is 1.73 bits per heavy atom. The molecule has 3 nitrogen and oxygen atoms in total. The van der Waals surface area contributed by atoms with Crippen molar-refractivity contribution in [3.8, 4) is 0 Å². The summed E-state index contributed by atoms with van der Waals surface area (Å²) in [6.45, 7) is 0. The predicted molar refractivity (Wildman–Crippen MR) is 51.9 cm³/mol. The summed E-state index contributed by atoms with van der Waals surface area (Å²) in [5.41, 5.74) is 8.94. The molecule has 0 fully saturated rings. The van der Waals surface area contributed by atoms with Gasteiger partial charge in [0.15, 0.2) is 5.96 Å². The average molecular weight is 169 g/mol. The molecule has 1 atom stereocenters. The Labute approximate surface area is 68.5 Å². The van der Waals surface area contributed by atoms with E-state index in [-0.39, 0.29) is 5.96 Å². The maximum absolute atomic E-state index is 6.06. The van der Waals surface area contributed by atoms with E-state index >= 15 is 0 Å². The molecule has 4 heteroatoms. The van der Waals surface area contributed by atoms with E-state index in [9.17, 15) is 0 Å². The van der Waals surface area contributed by atoms with Crippen molar-refractivity contribution >= 4 is 20.5 Å². The summed E-state index contributed by atoms with van der Waals surface area (Å²) >= 11 is 0. The second-order valence-electron chi connectivity index (χ2n) is 1.87. The molecule has 60 valence electrons. The number of nitrogens with two attached hydrogens (primary N) is 2. The molecule has 1 rings (SSSR count). The molecule has 0 heterocycles. The fourth-order valence-electron chi connectivity index (χ4n) is 0.453. The van der Waals surface area contributed by atoms with Gasteiger partial charge in [0, 0.05) is 0 Å². The molecule has 0 amide bonds. The summed E-state index contributed by atoms with van der Waals surface area (Å²) < 4.78 is 0. The molecular weight excluding hydrogens is 157 g/mol.